The van der Waals surface area contributed by atoms with Crippen molar-refractivity contribution in [2.24, 2.45) is 0 Å². The van der Waals surface area contributed by atoms with E-state index in [1.165, 1.54) is 6.42 Å². The Kier molecular flexibility index (Phi) is 3.02. The van der Waals surface area contributed by atoms with Crippen molar-refractivity contribution in [1.82, 2.24) is 0 Å². The standard InChI is InChI=1S/C10H16O3S/c11-9(12)10(4-6-14-7-5-10)13-8-2-1-3-8/h8H,1-7H2,(H,11,12). The molecule has 0 bridgehead atoms. The zero-order valence-electron chi connectivity index (χ0n) is 8.20. The molecule has 1 aliphatic carbocycles. The van der Waals surface area contributed by atoms with Gasteiger partial charge in [-0.2, -0.15) is 11.8 Å². The van der Waals surface area contributed by atoms with Crippen LogP contribution in [0, 0.1) is 0 Å². The maximum absolute atomic E-state index is 11.2. The summed E-state index contributed by atoms with van der Waals surface area (Å²) in [5, 5.41) is 9.22. The molecule has 2 aliphatic rings. The summed E-state index contributed by atoms with van der Waals surface area (Å²) in [6.07, 6.45) is 4.83. The molecule has 14 heavy (non-hydrogen) atoms. The molecule has 1 N–H and O–H groups in total. The van der Waals surface area contributed by atoms with E-state index < -0.39 is 11.6 Å². The lowest BCUT2D eigenvalue weighted by molar-refractivity contribution is -0.182. The molecule has 3 nitrogen and oxygen atoms in total. The number of hydrogen-bond donors (Lipinski definition) is 1. The van der Waals surface area contributed by atoms with Gasteiger partial charge in [-0.3, -0.25) is 0 Å². The van der Waals surface area contributed by atoms with Gasteiger partial charge in [0.25, 0.3) is 0 Å². The minimum Gasteiger partial charge on any atom is -0.479 e. The second kappa shape index (κ2) is 4.11. The summed E-state index contributed by atoms with van der Waals surface area (Å²) in [5.74, 6) is 1.07. The van der Waals surface area contributed by atoms with Crippen LogP contribution in [0.1, 0.15) is 32.1 Å². The third kappa shape index (κ3) is 1.91. The fourth-order valence-electron chi connectivity index (χ4n) is 1.89. The van der Waals surface area contributed by atoms with E-state index >= 15 is 0 Å². The Bertz CT molecular complexity index is 219. The van der Waals surface area contributed by atoms with Gasteiger partial charge < -0.3 is 9.84 Å². The van der Waals surface area contributed by atoms with Gasteiger partial charge in [0.15, 0.2) is 5.60 Å². The van der Waals surface area contributed by atoms with Crippen LogP contribution in [0.5, 0.6) is 0 Å². The highest BCUT2D eigenvalue weighted by molar-refractivity contribution is 7.99. The first-order valence-electron chi connectivity index (χ1n) is 5.22. The molecular formula is C10H16O3S. The van der Waals surface area contributed by atoms with Gasteiger partial charge in [-0.15, -0.1) is 0 Å². The number of hydrogen-bond acceptors (Lipinski definition) is 3. The number of ether oxygens (including phenoxy) is 1. The normalized spacial score (nSPS) is 26.9. The summed E-state index contributed by atoms with van der Waals surface area (Å²) in [6.45, 7) is 0. The molecule has 0 atom stereocenters. The van der Waals surface area contributed by atoms with Gasteiger partial charge in [0.1, 0.15) is 0 Å². The summed E-state index contributed by atoms with van der Waals surface area (Å²) in [6, 6.07) is 0. The second-order valence-electron chi connectivity index (χ2n) is 4.08. The Labute approximate surface area is 88.2 Å². The van der Waals surface area contributed by atoms with Crippen molar-refractivity contribution in [1.29, 1.82) is 0 Å². The van der Waals surface area contributed by atoms with E-state index in [0.717, 1.165) is 24.3 Å². The maximum Gasteiger partial charge on any atom is 0.336 e. The highest BCUT2D eigenvalue weighted by Gasteiger charge is 2.43. The minimum absolute atomic E-state index is 0.217. The second-order valence-corrected chi connectivity index (χ2v) is 5.31. The lowest BCUT2D eigenvalue weighted by Gasteiger charge is -2.39. The summed E-state index contributed by atoms with van der Waals surface area (Å²) in [5.41, 5.74) is -0.851. The van der Waals surface area contributed by atoms with Crippen molar-refractivity contribution in [3.05, 3.63) is 0 Å². The number of carboxylic acid groups (broad SMARTS) is 1. The molecule has 2 rings (SSSR count). The predicted octanol–water partition coefficient (Wildman–Crippen LogP) is 1.91. The monoisotopic (exact) mass is 216 g/mol. The molecular weight excluding hydrogens is 200 g/mol. The van der Waals surface area contributed by atoms with E-state index in [1.807, 2.05) is 11.8 Å². The van der Waals surface area contributed by atoms with Crippen LogP contribution in [0.15, 0.2) is 0 Å². The van der Waals surface area contributed by atoms with E-state index in [9.17, 15) is 9.90 Å². The molecule has 0 aromatic heterocycles. The van der Waals surface area contributed by atoms with Crippen LogP contribution < -0.4 is 0 Å². The van der Waals surface area contributed by atoms with E-state index in [-0.39, 0.29) is 6.10 Å². The molecule has 0 aromatic carbocycles. The van der Waals surface area contributed by atoms with E-state index in [4.69, 9.17) is 4.74 Å². The zero-order valence-corrected chi connectivity index (χ0v) is 9.02. The van der Waals surface area contributed by atoms with Crippen LogP contribution in [0.2, 0.25) is 0 Å². The quantitative estimate of drug-likeness (QED) is 0.782. The van der Waals surface area contributed by atoms with Crippen LogP contribution >= 0.6 is 11.8 Å². The van der Waals surface area contributed by atoms with Crippen LogP contribution in [-0.2, 0) is 9.53 Å². The van der Waals surface area contributed by atoms with Crippen LogP contribution in [0.3, 0.4) is 0 Å². The zero-order chi connectivity index (χ0) is 10.0. The Balaban J connectivity index is 2.00. The van der Waals surface area contributed by atoms with Crippen molar-refractivity contribution in [3.8, 4) is 0 Å². The van der Waals surface area contributed by atoms with Crippen molar-refractivity contribution >= 4 is 17.7 Å². The molecule has 4 heteroatoms. The highest BCUT2D eigenvalue weighted by Crippen LogP contribution is 2.36. The van der Waals surface area contributed by atoms with Gasteiger partial charge in [0.05, 0.1) is 6.10 Å². The van der Waals surface area contributed by atoms with E-state index in [0.29, 0.717) is 12.8 Å². The molecule has 0 radical (unpaired) electrons. The molecule has 0 unspecified atom stereocenters. The van der Waals surface area contributed by atoms with Crippen molar-refractivity contribution in [2.45, 2.75) is 43.8 Å². The number of carboxylic acids is 1. The maximum atomic E-state index is 11.2. The first-order chi connectivity index (χ1) is 6.73. The molecule has 0 spiro atoms. The summed E-state index contributed by atoms with van der Waals surface area (Å²) in [4.78, 5) is 11.2. The lowest BCUT2D eigenvalue weighted by atomic mass is 9.91. The van der Waals surface area contributed by atoms with Crippen LogP contribution in [0.25, 0.3) is 0 Å². The van der Waals surface area contributed by atoms with Crippen LogP contribution in [-0.4, -0.2) is 34.3 Å². The third-order valence-corrected chi connectivity index (χ3v) is 4.12. The largest absolute Gasteiger partial charge is 0.479 e. The van der Waals surface area contributed by atoms with Gasteiger partial charge in [0.2, 0.25) is 0 Å². The van der Waals surface area contributed by atoms with Gasteiger partial charge in [-0.25, -0.2) is 4.79 Å². The van der Waals surface area contributed by atoms with Gasteiger partial charge in [-0.05, 0) is 43.6 Å². The Morgan fingerprint density at radius 1 is 1.36 bits per heavy atom. The SMILES string of the molecule is O=C(O)C1(OC2CCC2)CCSCC1. The summed E-state index contributed by atoms with van der Waals surface area (Å²) >= 11 is 1.82. The number of carbonyl (C=O) groups is 1. The average Bonchev–Trinajstić information content (AvgIpc) is 2.13. The van der Waals surface area contributed by atoms with Gasteiger partial charge >= 0.3 is 5.97 Å². The van der Waals surface area contributed by atoms with Crippen molar-refractivity contribution in [3.63, 3.8) is 0 Å². The smallest absolute Gasteiger partial charge is 0.336 e. The molecule has 1 saturated carbocycles. The van der Waals surface area contributed by atoms with E-state index in [1.54, 1.807) is 0 Å². The van der Waals surface area contributed by atoms with Gasteiger partial charge in [0, 0.05) is 0 Å². The Hall–Kier alpha value is -0.220. The topological polar surface area (TPSA) is 46.5 Å². The molecule has 1 saturated heterocycles. The predicted molar refractivity (Wildman–Crippen MR) is 55.6 cm³/mol. The highest BCUT2D eigenvalue weighted by atomic mass is 32.2. The third-order valence-electron chi connectivity index (χ3n) is 3.13. The Morgan fingerprint density at radius 2 is 2.00 bits per heavy atom. The van der Waals surface area contributed by atoms with Crippen molar-refractivity contribution < 1.29 is 14.6 Å². The lowest BCUT2D eigenvalue weighted by Crippen LogP contribution is -2.48. The fourth-order valence-corrected chi connectivity index (χ4v) is 3.04. The first-order valence-corrected chi connectivity index (χ1v) is 6.37. The number of aliphatic carboxylic acids is 1. The molecule has 0 aromatic rings. The Morgan fingerprint density at radius 3 is 2.43 bits per heavy atom. The number of thioether (sulfide) groups is 1. The summed E-state index contributed by atoms with van der Waals surface area (Å²) in [7, 11) is 0. The summed E-state index contributed by atoms with van der Waals surface area (Å²) < 4.78 is 5.76. The van der Waals surface area contributed by atoms with E-state index in [2.05, 4.69) is 0 Å². The molecule has 1 aliphatic heterocycles. The minimum atomic E-state index is -0.851. The molecule has 2 fully saturated rings. The van der Waals surface area contributed by atoms with Gasteiger partial charge in [-0.1, -0.05) is 0 Å². The molecule has 1 heterocycles. The molecule has 0 amide bonds. The van der Waals surface area contributed by atoms with Crippen molar-refractivity contribution in [2.75, 3.05) is 11.5 Å². The van der Waals surface area contributed by atoms with Crippen LogP contribution in [0.4, 0.5) is 0 Å². The number of rotatable bonds is 3. The average molecular weight is 216 g/mol. The fraction of sp³-hybridized carbons (Fsp3) is 0.900. The molecule has 80 valence electrons. The first kappa shape index (κ1) is 10.3.